The van der Waals surface area contributed by atoms with E-state index in [2.05, 4.69) is 9.88 Å². The number of hydrogen-bond donors (Lipinski definition) is 1. The van der Waals surface area contributed by atoms with E-state index < -0.39 is 15.9 Å². The summed E-state index contributed by atoms with van der Waals surface area (Å²) in [4.78, 5) is 12.2. The Morgan fingerprint density at radius 1 is 1.38 bits per heavy atom. The first-order valence-corrected chi connectivity index (χ1v) is 8.95. The van der Waals surface area contributed by atoms with E-state index in [1.165, 1.54) is 13.8 Å². The van der Waals surface area contributed by atoms with Crippen LogP contribution < -0.4 is 9.46 Å². The zero-order valence-electron chi connectivity index (χ0n) is 13.6. The molecule has 8 heteroatoms. The first-order chi connectivity index (χ1) is 11.3. The Kier molecular flexibility index (Phi) is 4.08. The summed E-state index contributed by atoms with van der Waals surface area (Å²) >= 11 is 0. The van der Waals surface area contributed by atoms with Crippen molar-refractivity contribution in [3.8, 4) is 5.75 Å². The lowest BCUT2D eigenvalue weighted by molar-refractivity contribution is -0.120. The highest BCUT2D eigenvalue weighted by Gasteiger charge is 2.45. The highest BCUT2D eigenvalue weighted by molar-refractivity contribution is 7.90. The molecule has 1 amide bonds. The summed E-state index contributed by atoms with van der Waals surface area (Å²) in [7, 11) is -2.41. The van der Waals surface area contributed by atoms with Gasteiger partial charge in [-0.2, -0.15) is 0 Å². The number of hydrogen-bond acceptors (Lipinski definition) is 6. The van der Waals surface area contributed by atoms with Crippen LogP contribution in [0.25, 0.3) is 0 Å². The first-order valence-electron chi connectivity index (χ1n) is 7.47. The molecule has 1 heterocycles. The number of carbonyl (C=O) groups excluding carboxylic acids is 1. The Balaban J connectivity index is 1.73. The molecule has 3 rings (SSSR count). The number of aromatic nitrogens is 1. The van der Waals surface area contributed by atoms with Gasteiger partial charge in [0.25, 0.3) is 10.0 Å². The predicted octanol–water partition coefficient (Wildman–Crippen LogP) is 1.91. The summed E-state index contributed by atoms with van der Waals surface area (Å²) < 4.78 is 36.9. The fourth-order valence-electron chi connectivity index (χ4n) is 2.84. The molecule has 7 nitrogen and oxygen atoms in total. The quantitative estimate of drug-likeness (QED) is 0.884. The number of ether oxygens (including phenoxy) is 1. The van der Waals surface area contributed by atoms with E-state index in [0.717, 1.165) is 5.56 Å². The number of carbonyl (C=O) groups is 1. The van der Waals surface area contributed by atoms with Crippen molar-refractivity contribution in [1.29, 1.82) is 0 Å². The molecule has 2 atom stereocenters. The van der Waals surface area contributed by atoms with Crippen LogP contribution in [-0.4, -0.2) is 26.6 Å². The molecular weight excluding hydrogens is 332 g/mol. The highest BCUT2D eigenvalue weighted by atomic mass is 32.2. The molecule has 1 aromatic carbocycles. The van der Waals surface area contributed by atoms with Crippen LogP contribution >= 0.6 is 0 Å². The summed E-state index contributed by atoms with van der Waals surface area (Å²) in [5.74, 6) is -0.00927. The normalized spacial score (nSPS) is 19.8. The third kappa shape index (κ3) is 3.01. The van der Waals surface area contributed by atoms with E-state index in [-0.39, 0.29) is 28.2 Å². The zero-order valence-corrected chi connectivity index (χ0v) is 14.4. The molecule has 24 heavy (non-hydrogen) atoms. The van der Waals surface area contributed by atoms with Gasteiger partial charge < -0.3 is 9.26 Å². The molecule has 0 spiro atoms. The largest absolute Gasteiger partial charge is 0.497 e. The molecule has 1 saturated carbocycles. The maximum atomic E-state index is 12.4. The number of nitrogens with one attached hydrogen (secondary N) is 1. The second-order valence-corrected chi connectivity index (χ2v) is 7.47. The Bertz CT molecular complexity index is 868. The van der Waals surface area contributed by atoms with Gasteiger partial charge in [-0.05, 0) is 43.9 Å². The second-order valence-electron chi connectivity index (χ2n) is 5.85. The SMILES string of the molecule is COc1cccc(C2CC2C(=O)NS(=O)(=O)c2c(C)noc2C)c1. The summed E-state index contributed by atoms with van der Waals surface area (Å²) in [6, 6.07) is 7.44. The molecule has 1 aliphatic carbocycles. The van der Waals surface area contributed by atoms with Crippen LogP contribution in [0, 0.1) is 19.8 Å². The Hall–Kier alpha value is -2.35. The monoisotopic (exact) mass is 350 g/mol. The molecule has 0 aliphatic heterocycles. The standard InChI is InChI=1S/C16H18N2O5S/c1-9-15(10(2)23-17-9)24(20,21)18-16(19)14-8-13(14)11-5-4-6-12(7-11)22-3/h4-7,13-14H,8H2,1-3H3,(H,18,19). The van der Waals surface area contributed by atoms with Gasteiger partial charge in [0.2, 0.25) is 5.91 Å². The van der Waals surface area contributed by atoms with Crippen molar-refractivity contribution in [3.05, 3.63) is 41.3 Å². The van der Waals surface area contributed by atoms with Gasteiger partial charge in [0.05, 0.1) is 7.11 Å². The van der Waals surface area contributed by atoms with E-state index in [9.17, 15) is 13.2 Å². The molecule has 0 bridgehead atoms. The Labute approximate surface area is 140 Å². The topological polar surface area (TPSA) is 98.5 Å². The van der Waals surface area contributed by atoms with E-state index in [1.807, 2.05) is 24.3 Å². The van der Waals surface area contributed by atoms with Crippen molar-refractivity contribution in [3.63, 3.8) is 0 Å². The molecule has 1 aromatic heterocycles. The van der Waals surface area contributed by atoms with Crippen LogP contribution in [0.3, 0.4) is 0 Å². The van der Waals surface area contributed by atoms with Crippen molar-refractivity contribution in [2.75, 3.05) is 7.11 Å². The molecule has 0 radical (unpaired) electrons. The van der Waals surface area contributed by atoms with Crippen molar-refractivity contribution in [2.24, 2.45) is 5.92 Å². The number of sulfonamides is 1. The van der Waals surface area contributed by atoms with Crippen LogP contribution in [-0.2, 0) is 14.8 Å². The molecular formula is C16H18N2O5S. The summed E-state index contributed by atoms with van der Waals surface area (Å²) in [6.45, 7) is 3.01. The smallest absolute Gasteiger partial charge is 0.269 e. The van der Waals surface area contributed by atoms with E-state index >= 15 is 0 Å². The zero-order chi connectivity index (χ0) is 17.5. The van der Waals surface area contributed by atoms with Gasteiger partial charge in [-0.25, -0.2) is 13.1 Å². The molecule has 0 saturated heterocycles. The lowest BCUT2D eigenvalue weighted by Crippen LogP contribution is -2.32. The van der Waals surface area contributed by atoms with Crippen molar-refractivity contribution in [2.45, 2.75) is 31.1 Å². The van der Waals surface area contributed by atoms with E-state index in [0.29, 0.717) is 12.2 Å². The Morgan fingerprint density at radius 3 is 2.75 bits per heavy atom. The summed E-state index contributed by atoms with van der Waals surface area (Å²) in [5, 5.41) is 3.61. The van der Waals surface area contributed by atoms with Crippen LogP contribution in [0.5, 0.6) is 5.75 Å². The minimum atomic E-state index is -3.98. The first kappa shape index (κ1) is 16.5. The van der Waals surface area contributed by atoms with Crippen molar-refractivity contribution < 1.29 is 22.5 Å². The number of amides is 1. The van der Waals surface area contributed by atoms with Gasteiger partial charge in [-0.1, -0.05) is 17.3 Å². The molecule has 1 N–H and O–H groups in total. The average molecular weight is 350 g/mol. The fraction of sp³-hybridized carbons (Fsp3) is 0.375. The van der Waals surface area contributed by atoms with Gasteiger partial charge in [0, 0.05) is 5.92 Å². The van der Waals surface area contributed by atoms with Gasteiger partial charge in [-0.3, -0.25) is 4.79 Å². The minimum Gasteiger partial charge on any atom is -0.497 e. The lowest BCUT2D eigenvalue weighted by atomic mass is 10.1. The van der Waals surface area contributed by atoms with E-state index in [4.69, 9.17) is 9.26 Å². The predicted molar refractivity (Wildman–Crippen MR) is 85.1 cm³/mol. The molecule has 2 aromatic rings. The number of nitrogens with zero attached hydrogens (tertiary/aromatic N) is 1. The molecule has 1 fully saturated rings. The lowest BCUT2D eigenvalue weighted by Gasteiger charge is -2.07. The van der Waals surface area contributed by atoms with Crippen LogP contribution in [0.1, 0.15) is 29.4 Å². The summed E-state index contributed by atoms with van der Waals surface area (Å²) in [6.07, 6.45) is 0.607. The maximum absolute atomic E-state index is 12.4. The molecule has 2 unspecified atom stereocenters. The average Bonchev–Trinajstić information content (AvgIpc) is 3.26. The van der Waals surface area contributed by atoms with Crippen LogP contribution in [0.4, 0.5) is 0 Å². The van der Waals surface area contributed by atoms with Gasteiger partial charge in [0.1, 0.15) is 11.4 Å². The number of aryl methyl sites for hydroxylation is 2. The maximum Gasteiger partial charge on any atom is 0.269 e. The van der Waals surface area contributed by atoms with Crippen LogP contribution in [0.2, 0.25) is 0 Å². The van der Waals surface area contributed by atoms with Gasteiger partial charge >= 0.3 is 0 Å². The fourth-order valence-corrected chi connectivity index (χ4v) is 4.20. The van der Waals surface area contributed by atoms with Crippen molar-refractivity contribution >= 4 is 15.9 Å². The third-order valence-corrected chi connectivity index (χ3v) is 5.71. The number of rotatable bonds is 5. The summed E-state index contributed by atoms with van der Waals surface area (Å²) in [5.41, 5.74) is 1.19. The number of methoxy groups -OCH3 is 1. The number of benzene rings is 1. The minimum absolute atomic E-state index is 0.0000291. The molecule has 128 valence electrons. The van der Waals surface area contributed by atoms with E-state index in [1.54, 1.807) is 7.11 Å². The van der Waals surface area contributed by atoms with Crippen molar-refractivity contribution in [1.82, 2.24) is 9.88 Å². The van der Waals surface area contributed by atoms with Gasteiger partial charge in [0.15, 0.2) is 10.7 Å². The van der Waals surface area contributed by atoms with Gasteiger partial charge in [-0.15, -0.1) is 0 Å². The third-order valence-electron chi connectivity index (χ3n) is 4.12. The highest BCUT2D eigenvalue weighted by Crippen LogP contribution is 2.48. The molecule has 1 aliphatic rings. The second kappa shape index (κ2) is 5.94. The van der Waals surface area contributed by atoms with Crippen LogP contribution in [0.15, 0.2) is 33.7 Å². The Morgan fingerprint density at radius 2 is 2.12 bits per heavy atom.